The maximum absolute atomic E-state index is 12.2. The summed E-state index contributed by atoms with van der Waals surface area (Å²) in [5, 5.41) is 14.1. The van der Waals surface area contributed by atoms with Crippen LogP contribution in [0.1, 0.15) is 28.8 Å². The van der Waals surface area contributed by atoms with E-state index in [1.165, 1.54) is 0 Å². The lowest BCUT2D eigenvalue weighted by molar-refractivity contribution is 0.0323. The van der Waals surface area contributed by atoms with Crippen LogP contribution in [0.15, 0.2) is 47.0 Å². The Morgan fingerprint density at radius 1 is 1.32 bits per heavy atom. The van der Waals surface area contributed by atoms with E-state index in [0.717, 1.165) is 16.7 Å². The summed E-state index contributed by atoms with van der Waals surface area (Å²) in [6, 6.07) is 10.8. The van der Waals surface area contributed by atoms with Crippen molar-refractivity contribution >= 4 is 16.8 Å². The molecule has 2 heterocycles. The fraction of sp³-hybridized carbons (Fsp3) is 0.235. The molecule has 0 fully saturated rings. The predicted octanol–water partition coefficient (Wildman–Crippen LogP) is 2.71. The Bertz CT molecular complexity index is 814. The van der Waals surface area contributed by atoms with Crippen molar-refractivity contribution in [3.8, 4) is 0 Å². The number of aromatic nitrogens is 1. The number of hydrogen-bond donors (Lipinski definition) is 3. The highest BCUT2D eigenvalue weighted by Gasteiger charge is 2.27. The Balaban J connectivity index is 1.71. The van der Waals surface area contributed by atoms with Crippen LogP contribution < -0.4 is 5.32 Å². The number of carbonyl (C=O) groups excluding carboxylic acids is 1. The topological polar surface area (TPSA) is 78.3 Å². The van der Waals surface area contributed by atoms with Gasteiger partial charge in [-0.05, 0) is 50.2 Å². The Kier molecular flexibility index (Phi) is 3.50. The number of furan rings is 1. The second-order valence-electron chi connectivity index (χ2n) is 5.65. The Labute approximate surface area is 128 Å². The lowest BCUT2D eigenvalue weighted by Crippen LogP contribution is -2.38. The SMILES string of the molecule is Cc1ccc(C(C)(O)CNC(=O)c2ccc3[nH]ccc3c2)o1. The molecule has 0 aliphatic heterocycles. The number of aliphatic hydroxyl groups is 1. The fourth-order valence-corrected chi connectivity index (χ4v) is 2.36. The minimum atomic E-state index is -1.25. The number of aryl methyl sites for hydroxylation is 1. The first-order valence-electron chi connectivity index (χ1n) is 7.10. The van der Waals surface area contributed by atoms with Gasteiger partial charge in [0.05, 0.1) is 6.54 Å². The van der Waals surface area contributed by atoms with E-state index in [1.807, 2.05) is 31.3 Å². The molecule has 2 aromatic heterocycles. The van der Waals surface area contributed by atoms with Crippen molar-refractivity contribution in [2.24, 2.45) is 0 Å². The third-order valence-corrected chi connectivity index (χ3v) is 3.68. The predicted molar refractivity (Wildman–Crippen MR) is 83.6 cm³/mol. The number of aromatic amines is 1. The molecule has 1 atom stereocenters. The van der Waals surface area contributed by atoms with Crippen molar-refractivity contribution in [2.75, 3.05) is 6.54 Å². The van der Waals surface area contributed by atoms with E-state index in [-0.39, 0.29) is 12.5 Å². The minimum Gasteiger partial charge on any atom is -0.463 e. The molecule has 3 rings (SSSR count). The van der Waals surface area contributed by atoms with Crippen LogP contribution in [0.3, 0.4) is 0 Å². The van der Waals surface area contributed by atoms with Gasteiger partial charge in [-0.2, -0.15) is 0 Å². The van der Waals surface area contributed by atoms with Crippen molar-refractivity contribution < 1.29 is 14.3 Å². The van der Waals surface area contributed by atoms with Crippen LogP contribution in [0.4, 0.5) is 0 Å². The van der Waals surface area contributed by atoms with Gasteiger partial charge in [0.15, 0.2) is 0 Å². The highest BCUT2D eigenvalue weighted by molar-refractivity contribution is 5.98. The van der Waals surface area contributed by atoms with Gasteiger partial charge in [-0.25, -0.2) is 0 Å². The second kappa shape index (κ2) is 5.35. The van der Waals surface area contributed by atoms with Crippen molar-refractivity contribution in [2.45, 2.75) is 19.4 Å². The normalized spacial score (nSPS) is 14.0. The lowest BCUT2D eigenvalue weighted by atomic mass is 10.0. The third-order valence-electron chi connectivity index (χ3n) is 3.68. The van der Waals surface area contributed by atoms with E-state index in [4.69, 9.17) is 4.42 Å². The molecule has 5 nitrogen and oxygen atoms in total. The molecule has 0 saturated carbocycles. The second-order valence-corrected chi connectivity index (χ2v) is 5.65. The zero-order valence-corrected chi connectivity index (χ0v) is 12.5. The third kappa shape index (κ3) is 2.76. The average Bonchev–Trinajstić information content (AvgIpc) is 3.12. The van der Waals surface area contributed by atoms with Gasteiger partial charge in [-0.3, -0.25) is 4.79 Å². The number of rotatable bonds is 4. The van der Waals surface area contributed by atoms with Gasteiger partial charge in [0, 0.05) is 22.7 Å². The van der Waals surface area contributed by atoms with E-state index in [1.54, 1.807) is 25.1 Å². The van der Waals surface area contributed by atoms with Crippen LogP contribution in [0.2, 0.25) is 0 Å². The van der Waals surface area contributed by atoms with Gasteiger partial charge < -0.3 is 19.8 Å². The number of benzene rings is 1. The van der Waals surface area contributed by atoms with Crippen molar-refractivity contribution in [1.29, 1.82) is 0 Å². The molecule has 0 aliphatic rings. The summed E-state index contributed by atoms with van der Waals surface area (Å²) in [6.45, 7) is 3.50. The quantitative estimate of drug-likeness (QED) is 0.693. The molecular formula is C17H18N2O3. The smallest absolute Gasteiger partial charge is 0.251 e. The number of hydrogen-bond acceptors (Lipinski definition) is 3. The molecule has 22 heavy (non-hydrogen) atoms. The molecule has 1 aromatic carbocycles. The van der Waals surface area contributed by atoms with Gasteiger partial charge >= 0.3 is 0 Å². The maximum atomic E-state index is 12.2. The van der Waals surface area contributed by atoms with Crippen LogP contribution in [0.5, 0.6) is 0 Å². The first-order valence-corrected chi connectivity index (χ1v) is 7.10. The van der Waals surface area contributed by atoms with E-state index in [0.29, 0.717) is 11.3 Å². The fourth-order valence-electron chi connectivity index (χ4n) is 2.36. The van der Waals surface area contributed by atoms with Gasteiger partial charge in [0.25, 0.3) is 5.91 Å². The van der Waals surface area contributed by atoms with E-state index < -0.39 is 5.60 Å². The van der Waals surface area contributed by atoms with Gasteiger partial charge in [0.2, 0.25) is 0 Å². The summed E-state index contributed by atoms with van der Waals surface area (Å²) < 4.78 is 5.43. The standard InChI is InChI=1S/C17H18N2O3/c1-11-3-6-15(22-11)17(2,21)10-19-16(20)13-4-5-14-12(9-13)7-8-18-14/h3-9,18,21H,10H2,1-2H3,(H,19,20). The molecule has 114 valence electrons. The first-order chi connectivity index (χ1) is 10.5. The zero-order chi connectivity index (χ0) is 15.7. The number of fused-ring (bicyclic) bond motifs is 1. The molecule has 0 spiro atoms. The molecule has 0 saturated heterocycles. The molecule has 0 bridgehead atoms. The number of carbonyl (C=O) groups is 1. The molecule has 1 unspecified atom stereocenters. The molecule has 5 heteroatoms. The summed E-state index contributed by atoms with van der Waals surface area (Å²) in [5.41, 5.74) is 0.287. The van der Waals surface area contributed by atoms with Crippen LogP contribution in [0.25, 0.3) is 10.9 Å². The van der Waals surface area contributed by atoms with Crippen molar-refractivity contribution in [1.82, 2.24) is 10.3 Å². The molecule has 0 radical (unpaired) electrons. The summed E-state index contributed by atoms with van der Waals surface area (Å²) in [6.07, 6.45) is 1.83. The first kappa shape index (κ1) is 14.4. The molecule has 0 aliphatic carbocycles. The summed E-state index contributed by atoms with van der Waals surface area (Å²) in [5.74, 6) is 0.928. The van der Waals surface area contributed by atoms with Crippen LogP contribution in [-0.4, -0.2) is 22.5 Å². The Morgan fingerprint density at radius 3 is 2.86 bits per heavy atom. The number of nitrogens with one attached hydrogen (secondary N) is 2. The van der Waals surface area contributed by atoms with E-state index >= 15 is 0 Å². The largest absolute Gasteiger partial charge is 0.463 e. The van der Waals surface area contributed by atoms with Gasteiger partial charge in [-0.15, -0.1) is 0 Å². The molecule has 3 aromatic rings. The minimum absolute atomic E-state index is 0.0734. The summed E-state index contributed by atoms with van der Waals surface area (Å²) >= 11 is 0. The Morgan fingerprint density at radius 2 is 2.14 bits per heavy atom. The van der Waals surface area contributed by atoms with Gasteiger partial charge in [-0.1, -0.05) is 0 Å². The highest BCUT2D eigenvalue weighted by Crippen LogP contribution is 2.22. The van der Waals surface area contributed by atoms with E-state index in [9.17, 15) is 9.90 Å². The summed E-state index contributed by atoms with van der Waals surface area (Å²) in [7, 11) is 0. The maximum Gasteiger partial charge on any atom is 0.251 e. The number of H-pyrrole nitrogens is 1. The lowest BCUT2D eigenvalue weighted by Gasteiger charge is -2.21. The molecule has 3 N–H and O–H groups in total. The van der Waals surface area contributed by atoms with Crippen LogP contribution in [0, 0.1) is 6.92 Å². The molecular weight excluding hydrogens is 280 g/mol. The average molecular weight is 298 g/mol. The Hall–Kier alpha value is -2.53. The summed E-state index contributed by atoms with van der Waals surface area (Å²) in [4.78, 5) is 15.3. The van der Waals surface area contributed by atoms with Crippen LogP contribution in [-0.2, 0) is 5.60 Å². The molecule has 1 amide bonds. The van der Waals surface area contributed by atoms with Crippen LogP contribution >= 0.6 is 0 Å². The van der Waals surface area contributed by atoms with Crippen molar-refractivity contribution in [3.05, 3.63) is 59.7 Å². The monoisotopic (exact) mass is 298 g/mol. The zero-order valence-electron chi connectivity index (χ0n) is 12.5. The highest BCUT2D eigenvalue weighted by atomic mass is 16.4. The van der Waals surface area contributed by atoms with E-state index in [2.05, 4.69) is 10.3 Å². The van der Waals surface area contributed by atoms with Crippen molar-refractivity contribution in [3.63, 3.8) is 0 Å². The number of amides is 1. The van der Waals surface area contributed by atoms with Gasteiger partial charge in [0.1, 0.15) is 17.1 Å².